The van der Waals surface area contributed by atoms with Crippen LogP contribution < -0.4 is 0 Å². The fraction of sp³-hybridized carbons (Fsp3) is 1.00. The first-order chi connectivity index (χ1) is 16.0. The number of hydrogen-bond donors (Lipinski definition) is 2. The van der Waals surface area contributed by atoms with E-state index in [1.165, 1.54) is 25.8 Å². The van der Waals surface area contributed by atoms with E-state index >= 15 is 0 Å². The molecule has 3 aliphatic heterocycles. The number of ether oxygens (including phenoxy) is 1. The number of fused-ring (bicyclic) bond motifs is 2. The normalized spacial score (nSPS) is 41.4. The standard InChI is InChI=1S/C28H53N3O3/c1-20(2)29-10-8-7-9-23(13-29)26-15-31(22(5)6)18-28(33,19-34-26)16-27-11-24(25(32)12-27)14-30(17-27)21(3)4/h20-26,32-33H,7-19H2,1-6H3. The summed E-state index contributed by atoms with van der Waals surface area (Å²) in [6.07, 6.45) is 6.30. The van der Waals surface area contributed by atoms with Crippen molar-refractivity contribution in [3.63, 3.8) is 0 Å². The topological polar surface area (TPSA) is 59.4 Å². The molecule has 0 aromatic carbocycles. The second-order valence-corrected chi connectivity index (χ2v) is 13.4. The molecular formula is C28H53N3O3. The van der Waals surface area contributed by atoms with Gasteiger partial charge in [-0.1, -0.05) is 6.42 Å². The third-order valence-corrected chi connectivity index (χ3v) is 9.53. The van der Waals surface area contributed by atoms with Crippen LogP contribution in [-0.4, -0.2) is 107 Å². The molecule has 2 N–H and O–H groups in total. The highest BCUT2D eigenvalue weighted by molar-refractivity contribution is 5.06. The highest BCUT2D eigenvalue weighted by Gasteiger charge is 2.54. The lowest BCUT2D eigenvalue weighted by atomic mass is 9.73. The minimum Gasteiger partial charge on any atom is -0.393 e. The number of β-amino-alcohol motifs (C(OH)–C–C–N with tert-alkyl or cyclic N) is 1. The molecule has 0 radical (unpaired) electrons. The molecule has 4 fully saturated rings. The molecule has 34 heavy (non-hydrogen) atoms. The number of likely N-dealkylation sites (tertiary alicyclic amines) is 2. The maximum atomic E-state index is 12.1. The monoisotopic (exact) mass is 479 g/mol. The van der Waals surface area contributed by atoms with Gasteiger partial charge in [-0.05, 0) is 97.4 Å². The van der Waals surface area contributed by atoms with Gasteiger partial charge < -0.3 is 24.7 Å². The van der Waals surface area contributed by atoms with Crippen LogP contribution in [-0.2, 0) is 4.74 Å². The largest absolute Gasteiger partial charge is 0.393 e. The van der Waals surface area contributed by atoms with Crippen molar-refractivity contribution in [2.45, 2.75) is 116 Å². The third-order valence-electron chi connectivity index (χ3n) is 9.53. The number of aliphatic hydroxyl groups excluding tert-OH is 1. The predicted octanol–water partition coefficient (Wildman–Crippen LogP) is 3.21. The number of aliphatic hydroxyl groups is 2. The van der Waals surface area contributed by atoms with Crippen LogP contribution in [0.4, 0.5) is 0 Å². The Labute approximate surface area is 209 Å². The molecule has 1 saturated carbocycles. The van der Waals surface area contributed by atoms with Gasteiger partial charge in [0.2, 0.25) is 0 Å². The van der Waals surface area contributed by atoms with Crippen LogP contribution in [0.25, 0.3) is 0 Å². The highest BCUT2D eigenvalue weighted by Crippen LogP contribution is 2.51. The summed E-state index contributed by atoms with van der Waals surface area (Å²) in [4.78, 5) is 7.63. The minimum absolute atomic E-state index is 0.00996. The smallest absolute Gasteiger partial charge is 0.101 e. The Kier molecular flexibility index (Phi) is 8.38. The zero-order valence-corrected chi connectivity index (χ0v) is 22.9. The van der Waals surface area contributed by atoms with Crippen molar-refractivity contribution >= 4 is 0 Å². The number of nitrogens with zero attached hydrogens (tertiary/aromatic N) is 3. The zero-order chi connectivity index (χ0) is 24.7. The molecule has 0 amide bonds. The number of rotatable bonds is 6. The third kappa shape index (κ3) is 6.00. The lowest BCUT2D eigenvalue weighted by molar-refractivity contribution is -0.0990. The molecule has 0 spiro atoms. The fourth-order valence-corrected chi connectivity index (χ4v) is 7.59. The van der Waals surface area contributed by atoms with Gasteiger partial charge in [-0.2, -0.15) is 0 Å². The second kappa shape index (κ2) is 10.6. The summed E-state index contributed by atoms with van der Waals surface area (Å²) < 4.78 is 6.67. The summed E-state index contributed by atoms with van der Waals surface area (Å²) in [6.45, 7) is 19.9. The van der Waals surface area contributed by atoms with Crippen molar-refractivity contribution in [2.75, 3.05) is 45.9 Å². The molecule has 0 aromatic rings. The van der Waals surface area contributed by atoms with Gasteiger partial charge in [0.05, 0.1) is 18.8 Å². The highest BCUT2D eigenvalue weighted by atomic mass is 16.5. The molecule has 2 bridgehead atoms. The van der Waals surface area contributed by atoms with Gasteiger partial charge in [0.25, 0.3) is 0 Å². The van der Waals surface area contributed by atoms with Crippen LogP contribution >= 0.6 is 0 Å². The number of piperidine rings is 1. The van der Waals surface area contributed by atoms with E-state index in [4.69, 9.17) is 4.74 Å². The zero-order valence-electron chi connectivity index (χ0n) is 22.9. The Morgan fingerprint density at radius 1 is 0.824 bits per heavy atom. The average molecular weight is 480 g/mol. The van der Waals surface area contributed by atoms with Gasteiger partial charge >= 0.3 is 0 Å². The van der Waals surface area contributed by atoms with E-state index in [0.29, 0.717) is 43.1 Å². The van der Waals surface area contributed by atoms with Crippen molar-refractivity contribution in [1.82, 2.24) is 14.7 Å². The number of hydrogen-bond acceptors (Lipinski definition) is 6. The maximum absolute atomic E-state index is 12.1. The maximum Gasteiger partial charge on any atom is 0.101 e. The van der Waals surface area contributed by atoms with E-state index in [-0.39, 0.29) is 17.6 Å². The molecular weight excluding hydrogens is 426 g/mol. The van der Waals surface area contributed by atoms with Gasteiger partial charge in [0.1, 0.15) is 5.60 Å². The molecule has 6 heteroatoms. The van der Waals surface area contributed by atoms with Crippen molar-refractivity contribution in [2.24, 2.45) is 17.3 Å². The Morgan fingerprint density at radius 3 is 2.15 bits per heavy atom. The summed E-state index contributed by atoms with van der Waals surface area (Å²) in [5.41, 5.74) is -0.875. The summed E-state index contributed by atoms with van der Waals surface area (Å²) >= 11 is 0. The quantitative estimate of drug-likeness (QED) is 0.610. The SMILES string of the molecule is CC(C)N1CCCCC(C2CN(C(C)C)CC(O)(CC34CC(O)C(CN(C(C)C)C3)C4)CO2)C1. The van der Waals surface area contributed by atoms with Crippen LogP contribution in [0.5, 0.6) is 0 Å². The van der Waals surface area contributed by atoms with Crippen LogP contribution in [0.3, 0.4) is 0 Å². The summed E-state index contributed by atoms with van der Waals surface area (Å²) in [5.74, 6) is 0.865. The van der Waals surface area contributed by atoms with Gasteiger partial charge in [-0.15, -0.1) is 0 Å². The van der Waals surface area contributed by atoms with Crippen molar-refractivity contribution in [3.05, 3.63) is 0 Å². The van der Waals surface area contributed by atoms with E-state index in [1.807, 2.05) is 0 Å². The Hall–Kier alpha value is -0.240. The molecule has 1 aliphatic carbocycles. The molecule has 198 valence electrons. The first kappa shape index (κ1) is 26.8. The summed E-state index contributed by atoms with van der Waals surface area (Å²) in [5, 5.41) is 22.9. The van der Waals surface area contributed by atoms with E-state index < -0.39 is 5.60 Å². The first-order valence-corrected chi connectivity index (χ1v) is 14.2. The lowest BCUT2D eigenvalue weighted by Gasteiger charge is -2.46. The molecule has 0 aromatic heterocycles. The average Bonchev–Trinajstić information content (AvgIpc) is 2.98. The Bertz CT molecular complexity index is 669. The van der Waals surface area contributed by atoms with Gasteiger partial charge in [0, 0.05) is 50.8 Å². The minimum atomic E-state index is -0.865. The van der Waals surface area contributed by atoms with E-state index in [0.717, 1.165) is 45.4 Å². The van der Waals surface area contributed by atoms with Crippen LogP contribution in [0.1, 0.15) is 80.1 Å². The fourth-order valence-electron chi connectivity index (χ4n) is 7.59. The molecule has 6 nitrogen and oxygen atoms in total. The van der Waals surface area contributed by atoms with Gasteiger partial charge in [-0.25, -0.2) is 0 Å². The Morgan fingerprint density at radius 2 is 1.47 bits per heavy atom. The molecule has 3 saturated heterocycles. The molecule has 3 heterocycles. The van der Waals surface area contributed by atoms with Crippen LogP contribution in [0.15, 0.2) is 0 Å². The van der Waals surface area contributed by atoms with Crippen molar-refractivity contribution < 1.29 is 14.9 Å². The molecule has 6 unspecified atom stereocenters. The lowest BCUT2D eigenvalue weighted by Crippen LogP contribution is -2.53. The van der Waals surface area contributed by atoms with Crippen molar-refractivity contribution in [3.8, 4) is 0 Å². The Balaban J connectivity index is 1.50. The van der Waals surface area contributed by atoms with Gasteiger partial charge in [-0.3, -0.25) is 4.90 Å². The van der Waals surface area contributed by atoms with E-state index in [9.17, 15) is 10.2 Å². The summed E-state index contributed by atoms with van der Waals surface area (Å²) in [7, 11) is 0. The predicted molar refractivity (Wildman–Crippen MR) is 138 cm³/mol. The van der Waals surface area contributed by atoms with Crippen LogP contribution in [0, 0.1) is 17.3 Å². The molecule has 4 aliphatic rings. The van der Waals surface area contributed by atoms with Crippen molar-refractivity contribution in [1.29, 1.82) is 0 Å². The first-order valence-electron chi connectivity index (χ1n) is 14.2. The summed E-state index contributed by atoms with van der Waals surface area (Å²) in [6, 6.07) is 1.42. The van der Waals surface area contributed by atoms with Crippen LogP contribution in [0.2, 0.25) is 0 Å². The van der Waals surface area contributed by atoms with E-state index in [2.05, 4.69) is 56.2 Å². The molecule has 6 atom stereocenters. The second-order valence-electron chi connectivity index (χ2n) is 13.4. The molecule has 4 rings (SSSR count). The van der Waals surface area contributed by atoms with E-state index in [1.54, 1.807) is 0 Å². The van der Waals surface area contributed by atoms with Gasteiger partial charge in [0.15, 0.2) is 0 Å².